The van der Waals surface area contributed by atoms with Gasteiger partial charge in [-0.1, -0.05) is 15.9 Å². The first-order chi connectivity index (χ1) is 6.97. The zero-order valence-electron chi connectivity index (χ0n) is 7.37. The zero-order valence-corrected chi connectivity index (χ0v) is 9.77. The van der Waals surface area contributed by atoms with Crippen molar-refractivity contribution >= 4 is 26.0 Å². The Morgan fingerprint density at radius 1 is 1.53 bits per heavy atom. The molecule has 0 saturated carbocycles. The summed E-state index contributed by atoms with van der Waals surface area (Å²) in [7, 11) is -3.94. The van der Waals surface area contributed by atoms with Crippen molar-refractivity contribution in [2.24, 2.45) is 0 Å². The molecule has 0 radical (unpaired) electrons. The summed E-state index contributed by atoms with van der Waals surface area (Å²) in [6.07, 6.45) is 0. The molecule has 4 nitrogen and oxygen atoms in total. The average molecular weight is 293 g/mol. The van der Waals surface area contributed by atoms with E-state index in [-0.39, 0.29) is 0 Å². The van der Waals surface area contributed by atoms with Gasteiger partial charge in [-0.05, 0) is 18.2 Å². The van der Waals surface area contributed by atoms with E-state index in [0.29, 0.717) is 4.47 Å². The molecule has 15 heavy (non-hydrogen) atoms. The van der Waals surface area contributed by atoms with Crippen LogP contribution in [0.25, 0.3) is 0 Å². The molecule has 80 valence electrons. The smallest absolute Gasteiger partial charge is 0.207 e. The lowest BCUT2D eigenvalue weighted by Crippen LogP contribution is -2.24. The molecular weight excluding hydrogens is 287 g/mol. The van der Waals surface area contributed by atoms with Gasteiger partial charge in [0.05, 0.1) is 12.6 Å². The van der Waals surface area contributed by atoms with Gasteiger partial charge in [0.15, 0.2) is 0 Å². The molecule has 0 aliphatic rings. The Kier molecular flexibility index (Phi) is 3.79. The Balaban J connectivity index is 3.12. The van der Waals surface area contributed by atoms with Crippen molar-refractivity contribution in [2.45, 2.75) is 4.90 Å². The number of benzene rings is 1. The van der Waals surface area contributed by atoms with E-state index in [4.69, 9.17) is 5.26 Å². The average Bonchev–Trinajstić information content (AvgIpc) is 2.14. The largest absolute Gasteiger partial charge is 0.244 e. The molecule has 0 bridgehead atoms. The van der Waals surface area contributed by atoms with Crippen LogP contribution in [-0.2, 0) is 10.0 Å². The topological polar surface area (TPSA) is 70.0 Å². The van der Waals surface area contributed by atoms with Crippen molar-refractivity contribution in [3.8, 4) is 6.07 Å². The molecule has 1 N–H and O–H groups in total. The Bertz CT molecular complexity index is 510. The Morgan fingerprint density at radius 3 is 2.73 bits per heavy atom. The van der Waals surface area contributed by atoms with Crippen molar-refractivity contribution in [3.05, 3.63) is 28.5 Å². The molecule has 0 spiro atoms. The third-order valence-corrected chi connectivity index (χ3v) is 3.45. The molecule has 0 aromatic heterocycles. The summed E-state index contributed by atoms with van der Waals surface area (Å²) < 4.78 is 38.4. The van der Waals surface area contributed by atoms with Crippen LogP contribution in [0.1, 0.15) is 0 Å². The molecule has 1 rings (SSSR count). The van der Waals surface area contributed by atoms with E-state index < -0.39 is 27.3 Å². The highest BCUT2D eigenvalue weighted by Crippen LogP contribution is 2.18. The van der Waals surface area contributed by atoms with Gasteiger partial charge in [0.25, 0.3) is 0 Å². The first-order valence-corrected chi connectivity index (χ1v) is 6.06. The number of nitriles is 1. The summed E-state index contributed by atoms with van der Waals surface area (Å²) in [6, 6.07) is 5.18. The van der Waals surface area contributed by atoms with E-state index in [2.05, 4.69) is 15.9 Å². The SMILES string of the molecule is N#CCNS(=O)(=O)c1ccc(Br)cc1F. The van der Waals surface area contributed by atoms with Crippen molar-refractivity contribution in [1.82, 2.24) is 4.72 Å². The quantitative estimate of drug-likeness (QED) is 0.856. The summed E-state index contributed by atoms with van der Waals surface area (Å²) in [6.45, 7) is -0.391. The minimum absolute atomic E-state index is 0.391. The van der Waals surface area contributed by atoms with Gasteiger partial charge in [-0.25, -0.2) is 12.8 Å². The van der Waals surface area contributed by atoms with Gasteiger partial charge >= 0.3 is 0 Å². The van der Waals surface area contributed by atoms with E-state index in [9.17, 15) is 12.8 Å². The number of hydrogen-bond donors (Lipinski definition) is 1. The number of sulfonamides is 1. The van der Waals surface area contributed by atoms with Crippen LogP contribution in [0.15, 0.2) is 27.6 Å². The molecule has 0 amide bonds. The highest BCUT2D eigenvalue weighted by atomic mass is 79.9. The van der Waals surface area contributed by atoms with Crippen molar-refractivity contribution in [3.63, 3.8) is 0 Å². The Hall–Kier alpha value is -0.970. The van der Waals surface area contributed by atoms with Crippen molar-refractivity contribution in [1.29, 1.82) is 5.26 Å². The van der Waals surface area contributed by atoms with Gasteiger partial charge in [-0.3, -0.25) is 0 Å². The molecule has 0 unspecified atom stereocenters. The van der Waals surface area contributed by atoms with Crippen molar-refractivity contribution < 1.29 is 12.8 Å². The summed E-state index contributed by atoms with van der Waals surface area (Å²) in [5.41, 5.74) is 0. The normalized spacial score (nSPS) is 11.0. The third kappa shape index (κ3) is 2.99. The number of rotatable bonds is 3. The molecule has 7 heteroatoms. The minimum Gasteiger partial charge on any atom is -0.207 e. The van der Waals surface area contributed by atoms with Gasteiger partial charge in [0, 0.05) is 4.47 Å². The molecule has 0 heterocycles. The lowest BCUT2D eigenvalue weighted by molar-refractivity contribution is 0.559. The van der Waals surface area contributed by atoms with E-state index in [1.807, 2.05) is 4.72 Å². The van der Waals surface area contributed by atoms with Gasteiger partial charge < -0.3 is 0 Å². The second kappa shape index (κ2) is 4.70. The van der Waals surface area contributed by atoms with E-state index in [1.165, 1.54) is 6.07 Å². The first kappa shape index (κ1) is 12.1. The van der Waals surface area contributed by atoms with Gasteiger partial charge in [-0.2, -0.15) is 9.98 Å². The lowest BCUT2D eigenvalue weighted by Gasteiger charge is -2.04. The van der Waals surface area contributed by atoms with Crippen LogP contribution < -0.4 is 4.72 Å². The molecule has 0 atom stereocenters. The number of hydrogen-bond acceptors (Lipinski definition) is 3. The van der Waals surface area contributed by atoms with Crippen LogP contribution in [-0.4, -0.2) is 15.0 Å². The fraction of sp³-hybridized carbons (Fsp3) is 0.125. The number of nitrogens with zero attached hydrogens (tertiary/aromatic N) is 1. The molecule has 0 fully saturated rings. The number of nitrogens with one attached hydrogen (secondary N) is 1. The maximum Gasteiger partial charge on any atom is 0.244 e. The molecule has 0 saturated heterocycles. The molecule has 0 aliphatic heterocycles. The van der Waals surface area contributed by atoms with Crippen LogP contribution in [0, 0.1) is 17.1 Å². The van der Waals surface area contributed by atoms with Crippen LogP contribution >= 0.6 is 15.9 Å². The standard InChI is InChI=1S/C8H6BrFN2O2S/c9-6-1-2-8(7(10)5-6)15(13,14)12-4-3-11/h1-2,5,12H,4H2. The maximum atomic E-state index is 13.2. The zero-order chi connectivity index (χ0) is 11.5. The summed E-state index contributed by atoms with van der Waals surface area (Å²) in [5, 5.41) is 8.21. The number of halogens is 2. The highest BCUT2D eigenvalue weighted by Gasteiger charge is 2.18. The van der Waals surface area contributed by atoms with Crippen LogP contribution in [0.5, 0.6) is 0 Å². The van der Waals surface area contributed by atoms with Gasteiger partial charge in [0.1, 0.15) is 10.7 Å². The summed E-state index contributed by atoms with van der Waals surface area (Å²) in [4.78, 5) is -0.471. The molecule has 1 aromatic rings. The van der Waals surface area contributed by atoms with Crippen LogP contribution in [0.2, 0.25) is 0 Å². The molecule has 1 aromatic carbocycles. The summed E-state index contributed by atoms with van der Waals surface area (Å²) >= 11 is 3.01. The lowest BCUT2D eigenvalue weighted by atomic mass is 10.3. The minimum atomic E-state index is -3.94. The van der Waals surface area contributed by atoms with Crippen LogP contribution in [0.3, 0.4) is 0 Å². The predicted molar refractivity (Wildman–Crippen MR) is 54.9 cm³/mol. The molecule has 0 aliphatic carbocycles. The van der Waals surface area contributed by atoms with E-state index >= 15 is 0 Å². The summed E-state index contributed by atoms with van der Waals surface area (Å²) in [5.74, 6) is -0.866. The third-order valence-electron chi connectivity index (χ3n) is 1.52. The van der Waals surface area contributed by atoms with E-state index in [1.54, 1.807) is 6.07 Å². The monoisotopic (exact) mass is 292 g/mol. The fourth-order valence-electron chi connectivity index (χ4n) is 0.898. The second-order valence-electron chi connectivity index (χ2n) is 2.56. The maximum absolute atomic E-state index is 13.2. The molecular formula is C8H6BrFN2O2S. The predicted octanol–water partition coefficient (Wildman–Crippen LogP) is 1.39. The Morgan fingerprint density at radius 2 is 2.20 bits per heavy atom. The van der Waals surface area contributed by atoms with E-state index in [0.717, 1.165) is 12.1 Å². The van der Waals surface area contributed by atoms with Gasteiger partial charge in [0.2, 0.25) is 10.0 Å². The van der Waals surface area contributed by atoms with Crippen molar-refractivity contribution in [2.75, 3.05) is 6.54 Å². The Labute approximate surface area is 94.9 Å². The second-order valence-corrected chi connectivity index (χ2v) is 5.21. The van der Waals surface area contributed by atoms with Gasteiger partial charge in [-0.15, -0.1) is 0 Å². The fourth-order valence-corrected chi connectivity index (χ4v) is 2.20. The van der Waals surface area contributed by atoms with Crippen LogP contribution in [0.4, 0.5) is 4.39 Å². The first-order valence-electron chi connectivity index (χ1n) is 3.79. The highest BCUT2D eigenvalue weighted by molar-refractivity contribution is 9.10.